The van der Waals surface area contributed by atoms with Gasteiger partial charge in [-0.15, -0.1) is 0 Å². The molecule has 1 saturated heterocycles. The summed E-state index contributed by atoms with van der Waals surface area (Å²) in [6.07, 6.45) is 6.98. The minimum absolute atomic E-state index is 0.0645. The maximum atomic E-state index is 12.5. The van der Waals surface area contributed by atoms with Crippen LogP contribution in [-0.2, 0) is 16.0 Å². The fourth-order valence-corrected chi connectivity index (χ4v) is 4.00. The molecule has 1 N–H and O–H groups in total. The average molecular weight is 412 g/mol. The maximum Gasteiger partial charge on any atom is 0.225 e. The number of piperidine rings is 1. The molecule has 30 heavy (non-hydrogen) atoms. The van der Waals surface area contributed by atoms with E-state index in [1.165, 1.54) is 0 Å². The van der Waals surface area contributed by atoms with Crippen molar-refractivity contribution in [2.24, 2.45) is 5.92 Å². The molecule has 1 aromatic carbocycles. The fraction of sp³-hybridized carbons (Fsp3) is 0.542. The Morgan fingerprint density at radius 2 is 1.87 bits per heavy atom. The molecule has 0 saturated carbocycles. The Balaban J connectivity index is 1.36. The molecule has 2 amide bonds. The van der Waals surface area contributed by atoms with E-state index in [1.54, 1.807) is 6.20 Å². The lowest BCUT2D eigenvalue weighted by atomic mass is 9.98. The highest BCUT2D eigenvalue weighted by atomic mass is 16.4. The van der Waals surface area contributed by atoms with Crippen LogP contribution in [0.15, 0.2) is 40.9 Å². The third-order valence-electron chi connectivity index (χ3n) is 5.91. The lowest BCUT2D eigenvalue weighted by Gasteiger charge is -2.34. The van der Waals surface area contributed by atoms with Crippen molar-refractivity contribution < 1.29 is 14.0 Å². The van der Waals surface area contributed by atoms with E-state index in [4.69, 9.17) is 4.42 Å². The van der Waals surface area contributed by atoms with E-state index in [-0.39, 0.29) is 23.8 Å². The number of nitrogens with zero attached hydrogens (tertiary/aromatic N) is 2. The fourth-order valence-electron chi connectivity index (χ4n) is 4.00. The van der Waals surface area contributed by atoms with Crippen molar-refractivity contribution in [3.05, 3.63) is 42.4 Å². The summed E-state index contributed by atoms with van der Waals surface area (Å²) in [5.41, 5.74) is 1.00. The van der Waals surface area contributed by atoms with Gasteiger partial charge in [0.05, 0.1) is 6.20 Å². The molecule has 0 bridgehead atoms. The van der Waals surface area contributed by atoms with E-state index in [0.29, 0.717) is 25.2 Å². The molecule has 1 aromatic heterocycles. The van der Waals surface area contributed by atoms with E-state index in [9.17, 15) is 9.59 Å². The van der Waals surface area contributed by atoms with Gasteiger partial charge in [0, 0.05) is 43.5 Å². The smallest absolute Gasteiger partial charge is 0.225 e. The molecule has 0 radical (unpaired) electrons. The van der Waals surface area contributed by atoms with Gasteiger partial charge in [-0.1, -0.05) is 44.2 Å². The first-order chi connectivity index (χ1) is 14.6. The number of hydrogen-bond acceptors (Lipinski definition) is 4. The van der Waals surface area contributed by atoms with Gasteiger partial charge in [-0.25, -0.2) is 4.98 Å². The topological polar surface area (TPSA) is 75.4 Å². The predicted molar refractivity (Wildman–Crippen MR) is 117 cm³/mol. The second kappa shape index (κ2) is 11.0. The number of rotatable bonds is 9. The van der Waals surface area contributed by atoms with Gasteiger partial charge >= 0.3 is 0 Å². The third-order valence-corrected chi connectivity index (χ3v) is 5.91. The average Bonchev–Trinajstić information content (AvgIpc) is 3.24. The second-order valence-electron chi connectivity index (χ2n) is 8.02. The van der Waals surface area contributed by atoms with Crippen LogP contribution in [-0.4, -0.2) is 40.8 Å². The molecule has 6 nitrogen and oxygen atoms in total. The number of carbonyl (C=O) groups excluding carboxylic acids is 2. The van der Waals surface area contributed by atoms with Crippen molar-refractivity contribution in [3.8, 4) is 11.3 Å². The number of aromatic nitrogens is 1. The highest BCUT2D eigenvalue weighted by Gasteiger charge is 2.27. The number of benzene rings is 1. The Hall–Kier alpha value is -2.63. The number of likely N-dealkylation sites (tertiary alicyclic amines) is 1. The summed E-state index contributed by atoms with van der Waals surface area (Å²) < 4.78 is 5.79. The normalized spacial score (nSPS) is 14.8. The van der Waals surface area contributed by atoms with Crippen LogP contribution in [0.1, 0.15) is 58.3 Å². The van der Waals surface area contributed by atoms with Crippen LogP contribution in [0.5, 0.6) is 0 Å². The molecule has 1 aliphatic rings. The first-order valence-corrected chi connectivity index (χ1v) is 11.2. The summed E-state index contributed by atoms with van der Waals surface area (Å²) in [6, 6.07) is 10.0. The lowest BCUT2D eigenvalue weighted by molar-refractivity contribution is -0.137. The largest absolute Gasteiger partial charge is 0.441 e. The molecule has 1 aliphatic heterocycles. The molecular formula is C24H33N3O3. The summed E-state index contributed by atoms with van der Waals surface area (Å²) in [5.74, 6) is 1.88. The lowest BCUT2D eigenvalue weighted by Crippen LogP contribution is -2.48. The molecule has 1 fully saturated rings. The highest BCUT2D eigenvalue weighted by Crippen LogP contribution is 2.21. The quantitative estimate of drug-likeness (QED) is 0.671. The van der Waals surface area contributed by atoms with E-state index in [0.717, 1.165) is 50.1 Å². The molecule has 3 rings (SSSR count). The van der Waals surface area contributed by atoms with Gasteiger partial charge in [0.25, 0.3) is 0 Å². The minimum Gasteiger partial charge on any atom is -0.441 e. The maximum absolute atomic E-state index is 12.5. The monoisotopic (exact) mass is 411 g/mol. The predicted octanol–water partition coefficient (Wildman–Crippen LogP) is 4.21. The summed E-state index contributed by atoms with van der Waals surface area (Å²) in [4.78, 5) is 31.1. The van der Waals surface area contributed by atoms with E-state index in [1.807, 2.05) is 35.2 Å². The standard InChI is InChI=1S/C24H33N3O3/c1-3-18(4-2)24(29)27-15-13-20(14-16-27)26-22(28)11-8-12-23-25-17-21(30-23)19-9-6-5-7-10-19/h5-7,9-10,17-18,20H,3-4,8,11-16H2,1-2H3,(H,26,28). The van der Waals surface area contributed by atoms with Crippen LogP contribution in [0.4, 0.5) is 0 Å². The number of oxazole rings is 1. The van der Waals surface area contributed by atoms with Crippen LogP contribution in [0.25, 0.3) is 11.3 Å². The molecule has 2 heterocycles. The number of aryl methyl sites for hydroxylation is 1. The van der Waals surface area contributed by atoms with Crippen LogP contribution >= 0.6 is 0 Å². The van der Waals surface area contributed by atoms with Crippen molar-refractivity contribution in [2.45, 2.75) is 64.8 Å². The molecule has 2 aromatic rings. The van der Waals surface area contributed by atoms with E-state index < -0.39 is 0 Å². The first kappa shape index (κ1) is 22.1. The summed E-state index contributed by atoms with van der Waals surface area (Å²) in [6.45, 7) is 5.61. The Labute approximate surface area is 179 Å². The zero-order valence-corrected chi connectivity index (χ0v) is 18.1. The molecule has 0 aliphatic carbocycles. The Morgan fingerprint density at radius 3 is 2.53 bits per heavy atom. The minimum atomic E-state index is 0.0645. The van der Waals surface area contributed by atoms with Crippen LogP contribution < -0.4 is 5.32 Å². The Morgan fingerprint density at radius 1 is 1.17 bits per heavy atom. The third kappa shape index (κ3) is 5.94. The van der Waals surface area contributed by atoms with E-state index >= 15 is 0 Å². The summed E-state index contributed by atoms with van der Waals surface area (Å²) >= 11 is 0. The Kier molecular flexibility index (Phi) is 8.05. The van der Waals surface area contributed by atoms with Crippen molar-refractivity contribution in [1.82, 2.24) is 15.2 Å². The number of nitrogens with one attached hydrogen (secondary N) is 1. The van der Waals surface area contributed by atoms with Crippen LogP contribution in [0.3, 0.4) is 0 Å². The van der Waals surface area contributed by atoms with Gasteiger partial charge in [0.2, 0.25) is 11.8 Å². The second-order valence-corrected chi connectivity index (χ2v) is 8.02. The SMILES string of the molecule is CCC(CC)C(=O)N1CCC(NC(=O)CCCc2ncc(-c3ccccc3)o2)CC1. The molecular weight excluding hydrogens is 378 g/mol. The van der Waals surface area contributed by atoms with Crippen LogP contribution in [0.2, 0.25) is 0 Å². The molecule has 162 valence electrons. The number of carbonyl (C=O) groups is 2. The van der Waals surface area contributed by atoms with E-state index in [2.05, 4.69) is 24.1 Å². The highest BCUT2D eigenvalue weighted by molar-refractivity contribution is 5.79. The first-order valence-electron chi connectivity index (χ1n) is 11.2. The van der Waals surface area contributed by atoms with Gasteiger partial charge < -0.3 is 14.6 Å². The van der Waals surface area contributed by atoms with Gasteiger partial charge in [-0.2, -0.15) is 0 Å². The number of hydrogen-bond donors (Lipinski definition) is 1. The molecule has 0 spiro atoms. The molecule has 0 unspecified atom stereocenters. The number of amides is 2. The van der Waals surface area contributed by atoms with Gasteiger partial charge in [0.15, 0.2) is 11.7 Å². The van der Waals surface area contributed by atoms with Gasteiger partial charge in [-0.05, 0) is 32.1 Å². The van der Waals surface area contributed by atoms with Crippen molar-refractivity contribution in [2.75, 3.05) is 13.1 Å². The van der Waals surface area contributed by atoms with Crippen LogP contribution in [0, 0.1) is 5.92 Å². The summed E-state index contributed by atoms with van der Waals surface area (Å²) in [5, 5.41) is 3.12. The summed E-state index contributed by atoms with van der Waals surface area (Å²) in [7, 11) is 0. The van der Waals surface area contributed by atoms with Gasteiger partial charge in [-0.3, -0.25) is 9.59 Å². The van der Waals surface area contributed by atoms with Crippen molar-refractivity contribution in [1.29, 1.82) is 0 Å². The Bertz CT molecular complexity index is 806. The molecule has 0 atom stereocenters. The van der Waals surface area contributed by atoms with Gasteiger partial charge in [0.1, 0.15) is 0 Å². The van der Waals surface area contributed by atoms with Crippen molar-refractivity contribution >= 4 is 11.8 Å². The van der Waals surface area contributed by atoms with Crippen molar-refractivity contribution in [3.63, 3.8) is 0 Å². The zero-order valence-electron chi connectivity index (χ0n) is 18.1. The molecule has 6 heteroatoms. The zero-order chi connectivity index (χ0) is 21.3.